The van der Waals surface area contributed by atoms with E-state index in [2.05, 4.69) is 9.72 Å². The highest BCUT2D eigenvalue weighted by Gasteiger charge is 2.14. The molecule has 7 heteroatoms. The first-order chi connectivity index (χ1) is 16.2. The summed E-state index contributed by atoms with van der Waals surface area (Å²) in [6.07, 6.45) is 2.03. The van der Waals surface area contributed by atoms with Crippen LogP contribution in [0.3, 0.4) is 0 Å². The minimum Gasteiger partial charge on any atom is -0.497 e. The fourth-order valence-electron chi connectivity index (χ4n) is 3.77. The predicted molar refractivity (Wildman–Crippen MR) is 131 cm³/mol. The molecule has 0 fully saturated rings. The molecule has 0 radical (unpaired) electrons. The van der Waals surface area contributed by atoms with Crippen LogP contribution in [-0.2, 0) is 6.54 Å². The Morgan fingerprint density at radius 2 is 1.91 bits per heavy atom. The molecule has 166 valence electrons. The van der Waals surface area contributed by atoms with E-state index < -0.39 is 0 Å². The van der Waals surface area contributed by atoms with Crippen molar-refractivity contribution in [3.63, 3.8) is 0 Å². The molecule has 0 aliphatic carbocycles. The number of para-hydroxylation sites is 1. The summed E-state index contributed by atoms with van der Waals surface area (Å²) in [6, 6.07) is 21.4. The third-order valence-corrected chi connectivity index (χ3v) is 6.47. The number of rotatable bonds is 7. The first-order valence-electron chi connectivity index (χ1n) is 10.7. The average Bonchev–Trinajstić information content (AvgIpc) is 3.41. The van der Waals surface area contributed by atoms with Gasteiger partial charge in [0.25, 0.3) is 5.91 Å². The van der Waals surface area contributed by atoms with Gasteiger partial charge in [-0.3, -0.25) is 9.20 Å². The van der Waals surface area contributed by atoms with Gasteiger partial charge in [-0.05, 0) is 55.5 Å². The zero-order valence-corrected chi connectivity index (χ0v) is 19.2. The number of methoxy groups -OCH3 is 1. The molecule has 0 unspecified atom stereocenters. The second-order valence-corrected chi connectivity index (χ2v) is 8.52. The highest BCUT2D eigenvalue weighted by molar-refractivity contribution is 7.23. The number of carbonyl (C=O) groups excluding carboxylic acids is 1. The van der Waals surface area contributed by atoms with Gasteiger partial charge in [-0.15, -0.1) is 0 Å². The lowest BCUT2D eigenvalue weighted by Gasteiger charge is -2.11. The fourth-order valence-corrected chi connectivity index (χ4v) is 4.81. The molecule has 33 heavy (non-hydrogen) atoms. The van der Waals surface area contributed by atoms with Crippen molar-refractivity contribution in [2.24, 2.45) is 0 Å². The van der Waals surface area contributed by atoms with E-state index in [1.54, 1.807) is 18.4 Å². The van der Waals surface area contributed by atoms with Gasteiger partial charge >= 0.3 is 0 Å². The Morgan fingerprint density at radius 1 is 1.09 bits per heavy atom. The minimum atomic E-state index is -0.117. The van der Waals surface area contributed by atoms with E-state index in [4.69, 9.17) is 14.5 Å². The van der Waals surface area contributed by atoms with E-state index in [0.29, 0.717) is 18.7 Å². The lowest BCUT2D eigenvalue weighted by atomic mass is 10.1. The molecule has 1 amide bonds. The summed E-state index contributed by atoms with van der Waals surface area (Å²) in [5.74, 6) is 1.49. The molecule has 0 atom stereocenters. The van der Waals surface area contributed by atoms with E-state index in [9.17, 15) is 4.79 Å². The molecule has 1 N–H and O–H groups in total. The van der Waals surface area contributed by atoms with Crippen molar-refractivity contribution in [2.75, 3.05) is 13.7 Å². The highest BCUT2D eigenvalue weighted by Crippen LogP contribution is 2.30. The summed E-state index contributed by atoms with van der Waals surface area (Å²) in [6.45, 7) is 2.94. The molecule has 0 aliphatic heterocycles. The van der Waals surface area contributed by atoms with Crippen molar-refractivity contribution in [3.05, 3.63) is 84.1 Å². The van der Waals surface area contributed by atoms with Crippen molar-refractivity contribution >= 4 is 32.4 Å². The predicted octanol–water partition coefficient (Wildman–Crippen LogP) is 5.55. The zero-order chi connectivity index (χ0) is 22.8. The molecule has 0 spiro atoms. The van der Waals surface area contributed by atoms with Crippen LogP contribution in [0.4, 0.5) is 0 Å². The second kappa shape index (κ2) is 8.96. The van der Waals surface area contributed by atoms with E-state index in [0.717, 1.165) is 43.5 Å². The van der Waals surface area contributed by atoms with E-state index in [1.807, 2.05) is 79.9 Å². The van der Waals surface area contributed by atoms with Crippen molar-refractivity contribution in [2.45, 2.75) is 13.5 Å². The van der Waals surface area contributed by atoms with E-state index in [1.165, 1.54) is 0 Å². The Kier molecular flexibility index (Phi) is 5.71. The molecule has 6 nitrogen and oxygen atoms in total. The number of benzene rings is 3. The average molecular weight is 458 g/mol. The Labute approximate surface area is 195 Å². The molecule has 5 aromatic rings. The van der Waals surface area contributed by atoms with Gasteiger partial charge < -0.3 is 14.8 Å². The Hall–Kier alpha value is -3.84. The zero-order valence-electron chi connectivity index (χ0n) is 18.4. The molecular formula is C26H23N3O3S. The number of amides is 1. The number of nitrogens with zero attached hydrogens (tertiary/aromatic N) is 2. The topological polar surface area (TPSA) is 64.9 Å². The first-order valence-corrected chi connectivity index (χ1v) is 11.5. The Balaban J connectivity index is 1.36. The standard InChI is InChI=1S/C26H23N3O3S/c1-3-32-23-7-5-4-6-19(23)15-27-25(30)18-10-13-22-24(14-18)33-26-28-21(16-29(22)26)17-8-11-20(31-2)12-9-17/h4-14,16H,3,15H2,1-2H3,(H,27,30). The summed E-state index contributed by atoms with van der Waals surface area (Å²) in [5.41, 5.74) is 4.54. The number of ether oxygens (including phenoxy) is 2. The SMILES string of the molecule is CCOc1ccccc1CNC(=O)c1ccc2c(c1)sc1nc(-c3ccc(OC)cc3)cn12. The highest BCUT2D eigenvalue weighted by atomic mass is 32.1. The molecule has 0 bridgehead atoms. The summed E-state index contributed by atoms with van der Waals surface area (Å²) in [5, 5.41) is 3.00. The number of thiazole rings is 1. The summed E-state index contributed by atoms with van der Waals surface area (Å²) >= 11 is 1.57. The monoisotopic (exact) mass is 457 g/mol. The number of fused-ring (bicyclic) bond motifs is 3. The van der Waals surface area contributed by atoms with Gasteiger partial charge in [-0.1, -0.05) is 29.5 Å². The van der Waals surface area contributed by atoms with Crippen LogP contribution in [0.5, 0.6) is 11.5 Å². The molecule has 2 aromatic heterocycles. The first kappa shape index (κ1) is 21.0. The number of hydrogen-bond donors (Lipinski definition) is 1. The minimum absolute atomic E-state index is 0.117. The maximum atomic E-state index is 12.8. The lowest BCUT2D eigenvalue weighted by molar-refractivity contribution is 0.0951. The largest absolute Gasteiger partial charge is 0.497 e. The fraction of sp³-hybridized carbons (Fsp3) is 0.154. The third-order valence-electron chi connectivity index (χ3n) is 5.45. The quantitative estimate of drug-likeness (QED) is 0.348. The molecular weight excluding hydrogens is 434 g/mol. The van der Waals surface area contributed by atoms with Crippen LogP contribution >= 0.6 is 11.3 Å². The van der Waals surface area contributed by atoms with Gasteiger partial charge in [0.1, 0.15) is 11.5 Å². The van der Waals surface area contributed by atoms with Crippen molar-refractivity contribution in [3.8, 4) is 22.8 Å². The molecule has 3 aromatic carbocycles. The van der Waals surface area contributed by atoms with Gasteiger partial charge in [0, 0.05) is 29.4 Å². The number of imidazole rings is 1. The summed E-state index contributed by atoms with van der Waals surface area (Å²) in [4.78, 5) is 18.5. The van der Waals surface area contributed by atoms with Gasteiger partial charge in [0.05, 0.1) is 29.6 Å². The molecule has 0 saturated carbocycles. The molecule has 2 heterocycles. The summed E-state index contributed by atoms with van der Waals surface area (Å²) in [7, 11) is 1.65. The Bertz CT molecular complexity index is 1440. The van der Waals surface area contributed by atoms with Crippen molar-refractivity contribution in [1.82, 2.24) is 14.7 Å². The van der Waals surface area contributed by atoms with Crippen LogP contribution in [-0.4, -0.2) is 29.0 Å². The van der Waals surface area contributed by atoms with Gasteiger partial charge in [-0.2, -0.15) is 0 Å². The smallest absolute Gasteiger partial charge is 0.251 e. The lowest BCUT2D eigenvalue weighted by Crippen LogP contribution is -2.23. The van der Waals surface area contributed by atoms with Crippen LogP contribution < -0.4 is 14.8 Å². The maximum Gasteiger partial charge on any atom is 0.251 e. The third kappa shape index (κ3) is 4.15. The normalized spacial score (nSPS) is 11.1. The van der Waals surface area contributed by atoms with Crippen LogP contribution in [0.25, 0.3) is 26.4 Å². The molecule has 5 rings (SSSR count). The van der Waals surface area contributed by atoms with E-state index in [-0.39, 0.29) is 5.91 Å². The number of aromatic nitrogens is 2. The molecule has 0 aliphatic rings. The van der Waals surface area contributed by atoms with Crippen LogP contribution in [0.15, 0.2) is 72.9 Å². The summed E-state index contributed by atoms with van der Waals surface area (Å²) < 4.78 is 14.0. The van der Waals surface area contributed by atoms with Gasteiger partial charge in [0.2, 0.25) is 0 Å². The van der Waals surface area contributed by atoms with Crippen LogP contribution in [0, 0.1) is 0 Å². The Morgan fingerprint density at radius 3 is 2.70 bits per heavy atom. The van der Waals surface area contributed by atoms with Crippen molar-refractivity contribution < 1.29 is 14.3 Å². The van der Waals surface area contributed by atoms with E-state index >= 15 is 0 Å². The van der Waals surface area contributed by atoms with Crippen LogP contribution in [0.2, 0.25) is 0 Å². The van der Waals surface area contributed by atoms with Gasteiger partial charge in [-0.25, -0.2) is 4.98 Å². The van der Waals surface area contributed by atoms with Gasteiger partial charge in [0.15, 0.2) is 4.96 Å². The maximum absolute atomic E-state index is 12.8. The van der Waals surface area contributed by atoms with Crippen molar-refractivity contribution in [1.29, 1.82) is 0 Å². The van der Waals surface area contributed by atoms with Crippen LogP contribution in [0.1, 0.15) is 22.8 Å². The number of carbonyl (C=O) groups is 1. The second-order valence-electron chi connectivity index (χ2n) is 7.52. The molecule has 0 saturated heterocycles. The number of nitrogens with one attached hydrogen (secondary N) is 1. The number of hydrogen-bond acceptors (Lipinski definition) is 5.